The number of carbonyl (C=O) groups excluding carboxylic acids is 1. The smallest absolute Gasteiger partial charge is 0.340 e. The molecule has 0 atom stereocenters. The Hall–Kier alpha value is -1.55. The van der Waals surface area contributed by atoms with Crippen molar-refractivity contribution in [1.82, 2.24) is 4.57 Å². The highest BCUT2D eigenvalue weighted by atomic mass is 79.9. The van der Waals surface area contributed by atoms with Crippen LogP contribution in [-0.4, -0.2) is 17.1 Å². The molecule has 0 saturated heterocycles. The highest BCUT2D eigenvalue weighted by Gasteiger charge is 2.22. The number of alkyl halides is 1. The zero-order valence-corrected chi connectivity index (χ0v) is 16.0. The van der Waals surface area contributed by atoms with Gasteiger partial charge in [-0.25, -0.2) is 4.79 Å². The number of hydrogen-bond donors (Lipinski definition) is 0. The fraction of sp³-hybridized carbons (Fsp3) is 0.450. The van der Waals surface area contributed by atoms with Crippen LogP contribution in [0.5, 0.6) is 0 Å². The molecule has 2 aromatic rings. The van der Waals surface area contributed by atoms with Gasteiger partial charge >= 0.3 is 5.97 Å². The molecule has 1 aromatic heterocycles. The maximum atomic E-state index is 12.4. The SMILES string of the molecule is CCOC(=O)c1c(CBr)n(C)c2cc(C3=CCCCCC3)ccc12. The maximum Gasteiger partial charge on any atom is 0.340 e. The summed E-state index contributed by atoms with van der Waals surface area (Å²) in [6.07, 6.45) is 8.56. The van der Waals surface area contributed by atoms with Crippen molar-refractivity contribution in [2.24, 2.45) is 7.05 Å². The van der Waals surface area contributed by atoms with Gasteiger partial charge in [-0.3, -0.25) is 0 Å². The van der Waals surface area contributed by atoms with Gasteiger partial charge in [0.25, 0.3) is 0 Å². The first-order chi connectivity index (χ1) is 11.7. The molecule has 1 aromatic carbocycles. The fourth-order valence-electron chi connectivity index (χ4n) is 3.55. The Balaban J connectivity index is 2.12. The third kappa shape index (κ3) is 3.16. The molecule has 1 aliphatic rings. The van der Waals surface area contributed by atoms with E-state index in [0.29, 0.717) is 17.5 Å². The van der Waals surface area contributed by atoms with Crippen LogP contribution >= 0.6 is 15.9 Å². The van der Waals surface area contributed by atoms with E-state index in [1.165, 1.54) is 36.8 Å². The van der Waals surface area contributed by atoms with Gasteiger partial charge in [0.15, 0.2) is 0 Å². The van der Waals surface area contributed by atoms with Crippen LogP contribution in [0, 0.1) is 0 Å². The number of benzene rings is 1. The Morgan fingerprint density at radius 1 is 1.29 bits per heavy atom. The van der Waals surface area contributed by atoms with Crippen LogP contribution in [0.2, 0.25) is 0 Å². The summed E-state index contributed by atoms with van der Waals surface area (Å²) in [6, 6.07) is 6.45. The molecule has 0 aliphatic heterocycles. The van der Waals surface area contributed by atoms with Gasteiger partial charge in [-0.1, -0.05) is 40.6 Å². The first-order valence-electron chi connectivity index (χ1n) is 8.71. The van der Waals surface area contributed by atoms with Crippen LogP contribution in [0.3, 0.4) is 0 Å². The van der Waals surface area contributed by atoms with Crippen LogP contribution in [0.4, 0.5) is 0 Å². The van der Waals surface area contributed by atoms with Crippen molar-refractivity contribution < 1.29 is 9.53 Å². The van der Waals surface area contributed by atoms with Gasteiger partial charge in [0, 0.05) is 29.0 Å². The van der Waals surface area contributed by atoms with E-state index in [2.05, 4.69) is 44.8 Å². The number of rotatable bonds is 4. The van der Waals surface area contributed by atoms with E-state index in [0.717, 1.165) is 23.0 Å². The number of carbonyl (C=O) groups is 1. The fourth-order valence-corrected chi connectivity index (χ4v) is 4.21. The molecule has 1 heterocycles. The van der Waals surface area contributed by atoms with E-state index in [4.69, 9.17) is 4.74 Å². The molecule has 0 N–H and O–H groups in total. The number of halogens is 1. The molecule has 0 amide bonds. The van der Waals surface area contributed by atoms with Crippen LogP contribution in [0.25, 0.3) is 16.5 Å². The molecule has 128 valence electrons. The van der Waals surface area contributed by atoms with Gasteiger partial charge in [0.1, 0.15) is 0 Å². The number of aromatic nitrogens is 1. The summed E-state index contributed by atoms with van der Waals surface area (Å²) in [4.78, 5) is 12.4. The van der Waals surface area contributed by atoms with E-state index in [1.54, 1.807) is 0 Å². The summed E-state index contributed by atoms with van der Waals surface area (Å²) in [5, 5.41) is 1.60. The summed E-state index contributed by atoms with van der Waals surface area (Å²) >= 11 is 3.52. The van der Waals surface area contributed by atoms with Crippen molar-refractivity contribution in [3.05, 3.63) is 41.1 Å². The Kier molecular flexibility index (Phi) is 5.44. The Labute approximate surface area is 151 Å². The lowest BCUT2D eigenvalue weighted by Crippen LogP contribution is -2.07. The number of fused-ring (bicyclic) bond motifs is 1. The van der Waals surface area contributed by atoms with Gasteiger partial charge in [-0.2, -0.15) is 0 Å². The average Bonchev–Trinajstić information content (AvgIpc) is 2.75. The molecule has 3 rings (SSSR count). The summed E-state index contributed by atoms with van der Waals surface area (Å²) < 4.78 is 7.38. The Bertz CT molecular complexity index is 789. The number of nitrogens with zero attached hydrogens (tertiary/aromatic N) is 1. The lowest BCUT2D eigenvalue weighted by Gasteiger charge is -2.07. The molecule has 0 fully saturated rings. The Morgan fingerprint density at radius 3 is 2.88 bits per heavy atom. The van der Waals surface area contributed by atoms with E-state index in [1.807, 2.05) is 14.0 Å². The molecule has 24 heavy (non-hydrogen) atoms. The van der Waals surface area contributed by atoms with Crippen LogP contribution in [0.1, 0.15) is 60.6 Å². The second kappa shape index (κ2) is 7.56. The minimum atomic E-state index is -0.237. The second-order valence-corrected chi connectivity index (χ2v) is 6.86. The highest BCUT2D eigenvalue weighted by molar-refractivity contribution is 9.08. The van der Waals surface area contributed by atoms with Gasteiger partial charge < -0.3 is 9.30 Å². The minimum Gasteiger partial charge on any atom is -0.462 e. The molecule has 0 radical (unpaired) electrons. The number of esters is 1. The van der Waals surface area contributed by atoms with E-state index < -0.39 is 0 Å². The molecule has 0 unspecified atom stereocenters. The molecule has 3 nitrogen and oxygen atoms in total. The molecule has 0 bridgehead atoms. The predicted octanol–water partition coefficient (Wildman–Crippen LogP) is 5.60. The molecule has 4 heteroatoms. The van der Waals surface area contributed by atoms with Gasteiger partial charge in [-0.05, 0) is 49.8 Å². The zero-order chi connectivity index (χ0) is 17.1. The van der Waals surface area contributed by atoms with Crippen molar-refractivity contribution in [1.29, 1.82) is 0 Å². The molecule has 0 saturated carbocycles. The van der Waals surface area contributed by atoms with Gasteiger partial charge in [-0.15, -0.1) is 0 Å². The minimum absolute atomic E-state index is 0.237. The molecule has 0 spiro atoms. The number of aryl methyl sites for hydroxylation is 1. The molecular formula is C20H24BrNO2. The number of allylic oxidation sites excluding steroid dienone is 2. The topological polar surface area (TPSA) is 31.2 Å². The third-order valence-corrected chi connectivity index (χ3v) is 5.37. The summed E-state index contributed by atoms with van der Waals surface area (Å²) in [6.45, 7) is 2.23. The second-order valence-electron chi connectivity index (χ2n) is 6.30. The predicted molar refractivity (Wildman–Crippen MR) is 103 cm³/mol. The van der Waals surface area contributed by atoms with E-state index in [9.17, 15) is 4.79 Å². The number of ether oxygens (including phenoxy) is 1. The largest absolute Gasteiger partial charge is 0.462 e. The van der Waals surface area contributed by atoms with Crippen LogP contribution < -0.4 is 0 Å². The maximum absolute atomic E-state index is 12.4. The third-order valence-electron chi connectivity index (χ3n) is 4.84. The zero-order valence-electron chi connectivity index (χ0n) is 14.4. The van der Waals surface area contributed by atoms with Crippen LogP contribution in [0.15, 0.2) is 24.3 Å². The quantitative estimate of drug-likeness (QED) is 0.503. The first-order valence-corrected chi connectivity index (χ1v) is 9.83. The summed E-state index contributed by atoms with van der Waals surface area (Å²) in [5.41, 5.74) is 5.47. The van der Waals surface area contributed by atoms with E-state index in [-0.39, 0.29) is 5.97 Å². The van der Waals surface area contributed by atoms with Gasteiger partial charge in [0.2, 0.25) is 0 Å². The summed E-state index contributed by atoms with van der Waals surface area (Å²) in [5.74, 6) is -0.237. The summed E-state index contributed by atoms with van der Waals surface area (Å²) in [7, 11) is 2.02. The monoisotopic (exact) mass is 389 g/mol. The normalized spacial score (nSPS) is 15.2. The van der Waals surface area contributed by atoms with Crippen molar-refractivity contribution in [2.45, 2.75) is 44.4 Å². The highest BCUT2D eigenvalue weighted by Crippen LogP contribution is 2.32. The standard InChI is InChI=1S/C20H24BrNO2/c1-3-24-20(23)19-16-11-10-15(14-8-6-4-5-7-9-14)12-17(16)22(2)18(19)13-21/h8,10-12H,3-7,9,13H2,1-2H3. The van der Waals surface area contributed by atoms with E-state index >= 15 is 0 Å². The lowest BCUT2D eigenvalue weighted by atomic mass is 9.99. The lowest BCUT2D eigenvalue weighted by molar-refractivity contribution is 0.0527. The first kappa shape index (κ1) is 17.3. The van der Waals surface area contributed by atoms with Crippen molar-refractivity contribution in [3.8, 4) is 0 Å². The van der Waals surface area contributed by atoms with Crippen molar-refractivity contribution in [2.75, 3.05) is 6.61 Å². The molecular weight excluding hydrogens is 366 g/mol. The molecule has 1 aliphatic carbocycles. The average molecular weight is 390 g/mol. The van der Waals surface area contributed by atoms with Crippen LogP contribution in [-0.2, 0) is 17.1 Å². The van der Waals surface area contributed by atoms with Crippen molar-refractivity contribution >= 4 is 38.4 Å². The Morgan fingerprint density at radius 2 is 2.12 bits per heavy atom. The van der Waals surface area contributed by atoms with Crippen molar-refractivity contribution in [3.63, 3.8) is 0 Å². The van der Waals surface area contributed by atoms with Gasteiger partial charge in [0.05, 0.1) is 12.2 Å². The number of hydrogen-bond acceptors (Lipinski definition) is 2.